The molecule has 1 nitrogen and oxygen atoms in total. The highest BCUT2D eigenvalue weighted by molar-refractivity contribution is 9.10. The third-order valence-corrected chi connectivity index (χ3v) is 9.24. The minimum atomic E-state index is -0.109. The minimum Gasteiger partial charge on any atom is -0.310 e. The molecule has 0 bridgehead atoms. The number of benzene rings is 5. The van der Waals surface area contributed by atoms with Crippen LogP contribution in [0.3, 0.4) is 0 Å². The third-order valence-electron chi connectivity index (χ3n) is 8.71. The Morgan fingerprint density at radius 2 is 1.05 bits per heavy atom. The van der Waals surface area contributed by atoms with Crippen LogP contribution in [0.25, 0.3) is 22.3 Å². The molecule has 0 fully saturated rings. The van der Waals surface area contributed by atoms with Crippen LogP contribution in [-0.2, 0) is 10.8 Å². The molecule has 7 rings (SSSR count). The first kappa shape index (κ1) is 23.5. The summed E-state index contributed by atoms with van der Waals surface area (Å²) in [4.78, 5) is 2.46. The van der Waals surface area contributed by atoms with Crippen molar-refractivity contribution in [2.24, 2.45) is 0 Å². The van der Waals surface area contributed by atoms with E-state index in [9.17, 15) is 0 Å². The lowest BCUT2D eigenvalue weighted by atomic mass is 9.81. The molecule has 0 aromatic heterocycles. The molecule has 0 heterocycles. The summed E-state index contributed by atoms with van der Waals surface area (Å²) in [6.45, 7) is 9.43. The van der Waals surface area contributed by atoms with Gasteiger partial charge in [-0.05, 0) is 87.0 Å². The van der Waals surface area contributed by atoms with Gasteiger partial charge in [0, 0.05) is 26.7 Å². The van der Waals surface area contributed by atoms with E-state index in [4.69, 9.17) is 0 Å². The van der Waals surface area contributed by atoms with Crippen LogP contribution < -0.4 is 4.90 Å². The average molecular weight is 557 g/mol. The fourth-order valence-corrected chi connectivity index (χ4v) is 7.12. The van der Waals surface area contributed by atoms with E-state index in [-0.39, 0.29) is 10.8 Å². The van der Waals surface area contributed by atoms with Gasteiger partial charge in [-0.15, -0.1) is 0 Å². The van der Waals surface area contributed by atoms with Crippen LogP contribution in [0.15, 0.2) is 114 Å². The standard InChI is InChI=1S/C36H30BrN/c1-35(2)30-13-7-5-10-26(30)28-21-20-25(22-32(28)35)38(24-18-16-23(37)17-19-24)33-15-9-12-29-27-11-6-8-14-31(27)36(3,4)34(29)33/h5-22H,1-4H3. The molecule has 2 heteroatoms. The van der Waals surface area contributed by atoms with E-state index in [2.05, 4.69) is 158 Å². The van der Waals surface area contributed by atoms with Gasteiger partial charge in [-0.1, -0.05) is 110 Å². The van der Waals surface area contributed by atoms with E-state index in [1.165, 1.54) is 55.9 Å². The Hall–Kier alpha value is -3.62. The van der Waals surface area contributed by atoms with Crippen molar-refractivity contribution in [1.29, 1.82) is 0 Å². The predicted octanol–water partition coefficient (Wildman–Crippen LogP) is 10.5. The molecule has 0 aliphatic heterocycles. The molecule has 0 atom stereocenters. The average Bonchev–Trinajstić information content (AvgIpc) is 3.30. The fourth-order valence-electron chi connectivity index (χ4n) is 6.85. The van der Waals surface area contributed by atoms with Crippen molar-refractivity contribution in [3.63, 3.8) is 0 Å². The summed E-state index contributed by atoms with van der Waals surface area (Å²) in [6, 6.07) is 40.3. The normalized spacial score (nSPS) is 15.4. The first-order valence-corrected chi connectivity index (χ1v) is 14.1. The van der Waals surface area contributed by atoms with Crippen molar-refractivity contribution in [2.75, 3.05) is 4.90 Å². The molecule has 0 saturated heterocycles. The zero-order chi connectivity index (χ0) is 26.2. The summed E-state index contributed by atoms with van der Waals surface area (Å²) in [7, 11) is 0. The molecule has 0 amide bonds. The Bertz CT molecular complexity index is 1730. The van der Waals surface area contributed by atoms with Crippen molar-refractivity contribution in [1.82, 2.24) is 0 Å². The molecule has 38 heavy (non-hydrogen) atoms. The van der Waals surface area contributed by atoms with Gasteiger partial charge in [-0.2, -0.15) is 0 Å². The Labute approximate surface area is 233 Å². The summed E-state index contributed by atoms with van der Waals surface area (Å²) in [5.41, 5.74) is 14.3. The van der Waals surface area contributed by atoms with Gasteiger partial charge in [0.1, 0.15) is 0 Å². The second-order valence-electron chi connectivity index (χ2n) is 11.6. The van der Waals surface area contributed by atoms with Crippen LogP contribution in [0.4, 0.5) is 17.1 Å². The molecule has 0 saturated carbocycles. The lowest BCUT2D eigenvalue weighted by Gasteiger charge is -2.33. The first-order chi connectivity index (χ1) is 18.3. The summed E-state index contributed by atoms with van der Waals surface area (Å²) in [5.74, 6) is 0. The number of hydrogen-bond donors (Lipinski definition) is 0. The number of hydrogen-bond acceptors (Lipinski definition) is 1. The Morgan fingerprint density at radius 1 is 0.500 bits per heavy atom. The fraction of sp³-hybridized carbons (Fsp3) is 0.167. The van der Waals surface area contributed by atoms with E-state index in [0.717, 1.165) is 10.2 Å². The van der Waals surface area contributed by atoms with Gasteiger partial charge >= 0.3 is 0 Å². The van der Waals surface area contributed by atoms with Crippen molar-refractivity contribution in [3.05, 3.63) is 136 Å². The molecule has 5 aromatic rings. The summed E-state index contributed by atoms with van der Waals surface area (Å²) in [6.07, 6.45) is 0. The Kier molecular flexibility index (Phi) is 5.06. The van der Waals surface area contributed by atoms with Gasteiger partial charge in [-0.3, -0.25) is 0 Å². The van der Waals surface area contributed by atoms with Crippen LogP contribution in [0.5, 0.6) is 0 Å². The highest BCUT2D eigenvalue weighted by Gasteiger charge is 2.39. The maximum Gasteiger partial charge on any atom is 0.0508 e. The molecule has 2 aliphatic carbocycles. The lowest BCUT2D eigenvalue weighted by Crippen LogP contribution is -2.21. The van der Waals surface area contributed by atoms with Crippen molar-refractivity contribution < 1.29 is 0 Å². The lowest BCUT2D eigenvalue weighted by molar-refractivity contribution is 0.658. The number of halogens is 1. The number of anilines is 3. The van der Waals surface area contributed by atoms with Gasteiger partial charge in [0.25, 0.3) is 0 Å². The van der Waals surface area contributed by atoms with E-state index < -0.39 is 0 Å². The zero-order valence-electron chi connectivity index (χ0n) is 22.2. The van der Waals surface area contributed by atoms with Crippen molar-refractivity contribution in [3.8, 4) is 22.3 Å². The van der Waals surface area contributed by atoms with Crippen LogP contribution in [-0.4, -0.2) is 0 Å². The summed E-state index contributed by atoms with van der Waals surface area (Å²) < 4.78 is 1.08. The largest absolute Gasteiger partial charge is 0.310 e. The van der Waals surface area contributed by atoms with Gasteiger partial charge < -0.3 is 4.90 Å². The molecule has 0 unspecified atom stereocenters. The molecular weight excluding hydrogens is 526 g/mol. The van der Waals surface area contributed by atoms with Crippen LogP contribution in [0.2, 0.25) is 0 Å². The number of nitrogens with zero attached hydrogens (tertiary/aromatic N) is 1. The summed E-state index contributed by atoms with van der Waals surface area (Å²) >= 11 is 3.65. The van der Waals surface area contributed by atoms with Crippen molar-refractivity contribution in [2.45, 2.75) is 38.5 Å². The SMILES string of the molecule is CC1(C)c2ccccc2-c2ccc(N(c3ccc(Br)cc3)c3cccc4c3C(C)(C)c3ccccc3-4)cc21. The first-order valence-electron chi connectivity index (χ1n) is 13.3. The number of rotatable bonds is 3. The second kappa shape index (κ2) is 8.19. The molecule has 186 valence electrons. The highest BCUT2D eigenvalue weighted by Crippen LogP contribution is 2.55. The summed E-state index contributed by atoms with van der Waals surface area (Å²) in [5, 5.41) is 0. The maximum atomic E-state index is 3.65. The Balaban J connectivity index is 1.48. The molecule has 2 aliphatic rings. The maximum absolute atomic E-state index is 3.65. The molecule has 0 N–H and O–H groups in total. The topological polar surface area (TPSA) is 3.24 Å². The van der Waals surface area contributed by atoms with E-state index >= 15 is 0 Å². The van der Waals surface area contributed by atoms with Crippen LogP contribution >= 0.6 is 15.9 Å². The van der Waals surface area contributed by atoms with E-state index in [0.29, 0.717) is 0 Å². The third kappa shape index (κ3) is 3.23. The zero-order valence-corrected chi connectivity index (χ0v) is 23.8. The molecule has 0 radical (unpaired) electrons. The monoisotopic (exact) mass is 555 g/mol. The van der Waals surface area contributed by atoms with Gasteiger partial charge in [0.2, 0.25) is 0 Å². The van der Waals surface area contributed by atoms with Gasteiger partial charge in [-0.25, -0.2) is 0 Å². The van der Waals surface area contributed by atoms with E-state index in [1.807, 2.05) is 0 Å². The van der Waals surface area contributed by atoms with Crippen LogP contribution in [0, 0.1) is 0 Å². The Morgan fingerprint density at radius 3 is 1.76 bits per heavy atom. The van der Waals surface area contributed by atoms with E-state index in [1.54, 1.807) is 0 Å². The smallest absolute Gasteiger partial charge is 0.0508 e. The molecule has 0 spiro atoms. The minimum absolute atomic E-state index is 0.0541. The predicted molar refractivity (Wildman–Crippen MR) is 164 cm³/mol. The van der Waals surface area contributed by atoms with Gasteiger partial charge in [0.15, 0.2) is 0 Å². The number of fused-ring (bicyclic) bond motifs is 6. The van der Waals surface area contributed by atoms with Crippen molar-refractivity contribution >= 4 is 33.0 Å². The van der Waals surface area contributed by atoms with Gasteiger partial charge in [0.05, 0.1) is 5.69 Å². The molecular formula is C36H30BrN. The van der Waals surface area contributed by atoms with Crippen LogP contribution in [0.1, 0.15) is 49.9 Å². The molecule has 5 aromatic carbocycles. The quantitative estimate of drug-likeness (QED) is 0.214. The second-order valence-corrected chi connectivity index (χ2v) is 12.5. The highest BCUT2D eigenvalue weighted by atomic mass is 79.9.